The maximum atomic E-state index is 12.7. The van der Waals surface area contributed by atoms with Gasteiger partial charge in [-0.1, -0.05) is 18.2 Å². The number of ether oxygens (including phenoxy) is 1. The number of piperazine rings is 1. The zero-order chi connectivity index (χ0) is 21.0. The first-order valence-electron chi connectivity index (χ1n) is 9.96. The van der Waals surface area contributed by atoms with E-state index in [1.54, 1.807) is 6.92 Å². The van der Waals surface area contributed by atoms with Crippen molar-refractivity contribution in [1.29, 1.82) is 0 Å². The van der Waals surface area contributed by atoms with E-state index in [0.29, 0.717) is 17.1 Å². The van der Waals surface area contributed by atoms with Crippen molar-refractivity contribution in [3.63, 3.8) is 0 Å². The van der Waals surface area contributed by atoms with E-state index in [1.807, 2.05) is 24.4 Å². The number of esters is 1. The average Bonchev–Trinajstić information content (AvgIpc) is 3.09. The Morgan fingerprint density at radius 1 is 1.14 bits per heavy atom. The van der Waals surface area contributed by atoms with Gasteiger partial charge in [-0.05, 0) is 44.5 Å². The number of carbonyl (C=O) groups excluding carboxylic acids is 2. The molecule has 0 atom stereocenters. The standard InChI is InChI=1S/C22H29N3O3S/c1-5-28-22(27)20-18(17-7-6-15(2)16(3)12-17)14-29-21(20)23-19(26)13-25-10-8-24(4)9-11-25/h6-7,12,14H,5,8-11,13H2,1-4H3,(H,23,26). The van der Waals surface area contributed by atoms with E-state index in [-0.39, 0.29) is 12.5 Å². The molecule has 1 fully saturated rings. The molecule has 1 amide bonds. The van der Waals surface area contributed by atoms with Crippen molar-refractivity contribution in [3.05, 3.63) is 40.3 Å². The van der Waals surface area contributed by atoms with Gasteiger partial charge < -0.3 is 15.0 Å². The third kappa shape index (κ3) is 5.23. The summed E-state index contributed by atoms with van der Waals surface area (Å²) < 4.78 is 5.29. The van der Waals surface area contributed by atoms with Gasteiger partial charge in [-0.15, -0.1) is 11.3 Å². The quantitative estimate of drug-likeness (QED) is 0.733. The van der Waals surface area contributed by atoms with E-state index < -0.39 is 5.97 Å². The summed E-state index contributed by atoms with van der Waals surface area (Å²) >= 11 is 1.37. The lowest BCUT2D eigenvalue weighted by Crippen LogP contribution is -2.47. The molecule has 156 valence electrons. The first-order valence-corrected chi connectivity index (χ1v) is 10.8. The third-order valence-electron chi connectivity index (χ3n) is 5.30. The minimum absolute atomic E-state index is 0.103. The Balaban J connectivity index is 1.82. The highest BCUT2D eigenvalue weighted by Gasteiger charge is 2.24. The molecular formula is C22H29N3O3S. The van der Waals surface area contributed by atoms with Crippen LogP contribution in [0.2, 0.25) is 0 Å². The molecule has 2 aromatic rings. The molecule has 1 aliphatic heterocycles. The van der Waals surface area contributed by atoms with Gasteiger partial charge in [0.05, 0.1) is 13.2 Å². The van der Waals surface area contributed by atoms with E-state index in [4.69, 9.17) is 4.74 Å². The number of nitrogens with zero attached hydrogens (tertiary/aromatic N) is 2. The molecule has 1 saturated heterocycles. The summed E-state index contributed by atoms with van der Waals surface area (Å²) in [5.74, 6) is -0.509. The molecule has 1 aliphatic rings. The largest absolute Gasteiger partial charge is 0.462 e. The molecule has 7 heteroatoms. The first-order chi connectivity index (χ1) is 13.9. The number of carbonyl (C=O) groups is 2. The average molecular weight is 416 g/mol. The predicted molar refractivity (Wildman–Crippen MR) is 118 cm³/mol. The number of aryl methyl sites for hydroxylation is 2. The van der Waals surface area contributed by atoms with Crippen LogP contribution >= 0.6 is 11.3 Å². The number of amides is 1. The number of likely N-dealkylation sites (N-methyl/N-ethyl adjacent to an activating group) is 1. The number of rotatable bonds is 6. The lowest BCUT2D eigenvalue weighted by molar-refractivity contribution is -0.117. The van der Waals surface area contributed by atoms with Gasteiger partial charge in [-0.3, -0.25) is 9.69 Å². The highest BCUT2D eigenvalue weighted by molar-refractivity contribution is 7.15. The zero-order valence-corrected chi connectivity index (χ0v) is 18.4. The van der Waals surface area contributed by atoms with Gasteiger partial charge >= 0.3 is 5.97 Å². The Morgan fingerprint density at radius 3 is 2.52 bits per heavy atom. The van der Waals surface area contributed by atoms with Crippen molar-refractivity contribution in [3.8, 4) is 11.1 Å². The van der Waals surface area contributed by atoms with Crippen molar-refractivity contribution in [2.24, 2.45) is 0 Å². The van der Waals surface area contributed by atoms with Gasteiger partial charge in [0.1, 0.15) is 10.6 Å². The number of thiophene rings is 1. The molecule has 1 N–H and O–H groups in total. The molecule has 29 heavy (non-hydrogen) atoms. The number of nitrogens with one attached hydrogen (secondary N) is 1. The number of benzene rings is 1. The number of anilines is 1. The highest BCUT2D eigenvalue weighted by atomic mass is 32.1. The summed E-state index contributed by atoms with van der Waals surface area (Å²) in [5.41, 5.74) is 4.54. The molecule has 6 nitrogen and oxygen atoms in total. The molecule has 2 heterocycles. The Labute approximate surface area is 176 Å². The van der Waals surface area contributed by atoms with Crippen LogP contribution in [0.3, 0.4) is 0 Å². The summed E-state index contributed by atoms with van der Waals surface area (Å²) in [6.07, 6.45) is 0. The highest BCUT2D eigenvalue weighted by Crippen LogP contribution is 2.37. The lowest BCUT2D eigenvalue weighted by Gasteiger charge is -2.31. The van der Waals surface area contributed by atoms with Gasteiger partial charge in [-0.25, -0.2) is 4.79 Å². The molecular weight excluding hydrogens is 386 g/mol. The molecule has 3 rings (SSSR count). The Morgan fingerprint density at radius 2 is 1.86 bits per heavy atom. The summed E-state index contributed by atoms with van der Waals surface area (Å²) in [4.78, 5) is 29.7. The third-order valence-corrected chi connectivity index (χ3v) is 6.20. The maximum Gasteiger partial charge on any atom is 0.341 e. The fraction of sp³-hybridized carbons (Fsp3) is 0.455. The fourth-order valence-corrected chi connectivity index (χ4v) is 4.33. The van der Waals surface area contributed by atoms with Crippen molar-refractivity contribution in [2.45, 2.75) is 20.8 Å². The minimum atomic E-state index is -0.406. The van der Waals surface area contributed by atoms with Gasteiger partial charge in [0, 0.05) is 37.1 Å². The summed E-state index contributed by atoms with van der Waals surface area (Å²) in [6, 6.07) is 6.11. The molecule has 1 aromatic heterocycles. The molecule has 0 saturated carbocycles. The van der Waals surface area contributed by atoms with Crippen LogP contribution in [0.25, 0.3) is 11.1 Å². The van der Waals surface area contributed by atoms with E-state index in [1.165, 1.54) is 16.9 Å². The molecule has 0 radical (unpaired) electrons. The molecule has 0 unspecified atom stereocenters. The van der Waals surface area contributed by atoms with E-state index in [2.05, 4.69) is 35.2 Å². The monoisotopic (exact) mass is 415 g/mol. The van der Waals surface area contributed by atoms with E-state index in [9.17, 15) is 9.59 Å². The molecule has 0 bridgehead atoms. The van der Waals surface area contributed by atoms with Crippen LogP contribution in [0.15, 0.2) is 23.6 Å². The van der Waals surface area contributed by atoms with Crippen LogP contribution in [-0.2, 0) is 9.53 Å². The first kappa shape index (κ1) is 21.5. The van der Waals surface area contributed by atoms with Crippen LogP contribution in [0.4, 0.5) is 5.00 Å². The topological polar surface area (TPSA) is 61.9 Å². The number of hydrogen-bond acceptors (Lipinski definition) is 6. The predicted octanol–water partition coefficient (Wildman–Crippen LogP) is 3.39. The SMILES string of the molecule is CCOC(=O)c1c(-c2ccc(C)c(C)c2)csc1NC(=O)CN1CCN(C)CC1. The Bertz CT molecular complexity index is 885. The zero-order valence-electron chi connectivity index (χ0n) is 17.6. The normalized spacial score (nSPS) is 15.3. The van der Waals surface area contributed by atoms with Crippen molar-refractivity contribution in [2.75, 3.05) is 51.7 Å². The van der Waals surface area contributed by atoms with Crippen molar-refractivity contribution in [1.82, 2.24) is 9.80 Å². The molecule has 1 aromatic carbocycles. The van der Waals surface area contributed by atoms with Gasteiger partial charge in [0.25, 0.3) is 0 Å². The van der Waals surface area contributed by atoms with Crippen LogP contribution in [0.1, 0.15) is 28.4 Å². The molecule has 0 aliphatic carbocycles. The summed E-state index contributed by atoms with van der Waals surface area (Å²) in [5, 5.41) is 5.42. The second-order valence-corrected chi connectivity index (χ2v) is 8.38. The fourth-order valence-electron chi connectivity index (χ4n) is 3.35. The van der Waals surface area contributed by atoms with Gasteiger partial charge in [-0.2, -0.15) is 0 Å². The van der Waals surface area contributed by atoms with Crippen LogP contribution < -0.4 is 5.32 Å². The second-order valence-electron chi connectivity index (χ2n) is 7.50. The maximum absolute atomic E-state index is 12.7. The van der Waals surface area contributed by atoms with Gasteiger partial charge in [0.2, 0.25) is 5.91 Å². The second kappa shape index (κ2) is 9.52. The van der Waals surface area contributed by atoms with Crippen LogP contribution in [-0.4, -0.2) is 68.1 Å². The Kier molecular flexibility index (Phi) is 7.05. The van der Waals surface area contributed by atoms with Gasteiger partial charge in [0.15, 0.2) is 0 Å². The van der Waals surface area contributed by atoms with Crippen LogP contribution in [0.5, 0.6) is 0 Å². The summed E-state index contributed by atoms with van der Waals surface area (Å²) in [7, 11) is 2.09. The Hall–Kier alpha value is -2.22. The van der Waals surface area contributed by atoms with Crippen molar-refractivity contribution >= 4 is 28.2 Å². The van der Waals surface area contributed by atoms with Crippen molar-refractivity contribution < 1.29 is 14.3 Å². The number of hydrogen-bond donors (Lipinski definition) is 1. The van der Waals surface area contributed by atoms with E-state index in [0.717, 1.165) is 42.9 Å². The summed E-state index contributed by atoms with van der Waals surface area (Å²) in [6.45, 7) is 10.2. The van der Waals surface area contributed by atoms with Crippen LogP contribution in [0, 0.1) is 13.8 Å². The smallest absolute Gasteiger partial charge is 0.341 e. The lowest BCUT2D eigenvalue weighted by atomic mass is 9.99. The van der Waals surface area contributed by atoms with E-state index >= 15 is 0 Å². The molecule has 0 spiro atoms. The minimum Gasteiger partial charge on any atom is -0.462 e.